The number of alkyl halides is 2. The van der Waals surface area contributed by atoms with Crippen LogP contribution in [0.3, 0.4) is 0 Å². The lowest BCUT2D eigenvalue weighted by Crippen LogP contribution is -2.28. The second-order valence-electron chi connectivity index (χ2n) is 4.35. The zero-order valence-electron chi connectivity index (χ0n) is 9.88. The van der Waals surface area contributed by atoms with E-state index >= 15 is 0 Å². The van der Waals surface area contributed by atoms with Crippen LogP contribution in [0.2, 0.25) is 0 Å². The largest absolute Gasteiger partial charge is 0.496 e. The topological polar surface area (TPSA) is 21.3 Å². The van der Waals surface area contributed by atoms with E-state index in [2.05, 4.69) is 5.32 Å². The van der Waals surface area contributed by atoms with Crippen LogP contribution in [0.1, 0.15) is 36.3 Å². The summed E-state index contributed by atoms with van der Waals surface area (Å²) in [6.07, 6.45) is -0.246. The van der Waals surface area contributed by atoms with Gasteiger partial charge >= 0.3 is 0 Å². The Kier molecular flexibility index (Phi) is 3.94. The molecule has 0 spiro atoms. The Morgan fingerprint density at radius 1 is 1.41 bits per heavy atom. The molecule has 1 N–H and O–H groups in total. The van der Waals surface area contributed by atoms with Crippen molar-refractivity contribution in [2.75, 3.05) is 20.2 Å². The summed E-state index contributed by atoms with van der Waals surface area (Å²) in [5, 5.41) is 3.32. The molecule has 1 heterocycles. The molecule has 0 saturated carbocycles. The van der Waals surface area contributed by atoms with Gasteiger partial charge in [-0.15, -0.1) is 0 Å². The second kappa shape index (κ2) is 5.45. The third kappa shape index (κ3) is 2.75. The van der Waals surface area contributed by atoms with Crippen molar-refractivity contribution < 1.29 is 13.5 Å². The van der Waals surface area contributed by atoms with Gasteiger partial charge in [0.15, 0.2) is 0 Å². The van der Waals surface area contributed by atoms with Gasteiger partial charge in [0.1, 0.15) is 5.75 Å². The van der Waals surface area contributed by atoms with Crippen LogP contribution in [0.4, 0.5) is 8.78 Å². The van der Waals surface area contributed by atoms with E-state index in [4.69, 9.17) is 4.74 Å². The van der Waals surface area contributed by atoms with Crippen molar-refractivity contribution >= 4 is 0 Å². The molecule has 2 nitrogen and oxygen atoms in total. The van der Waals surface area contributed by atoms with Crippen molar-refractivity contribution in [1.82, 2.24) is 5.32 Å². The standard InChI is InChI=1S/C13H17F2NO/c1-17-12-7-9(13(14)15)4-5-11(12)10-3-2-6-16-8-10/h4-5,7,10,13,16H,2-3,6,8H2,1H3. The molecule has 0 bridgehead atoms. The van der Waals surface area contributed by atoms with Crippen molar-refractivity contribution in [2.24, 2.45) is 0 Å². The molecular weight excluding hydrogens is 224 g/mol. The summed E-state index contributed by atoms with van der Waals surface area (Å²) in [5.41, 5.74) is 1.05. The summed E-state index contributed by atoms with van der Waals surface area (Å²) in [6, 6.07) is 4.73. The summed E-state index contributed by atoms with van der Waals surface area (Å²) in [5.74, 6) is 0.946. The summed E-state index contributed by atoms with van der Waals surface area (Å²) in [4.78, 5) is 0. The van der Waals surface area contributed by atoms with Gasteiger partial charge in [0, 0.05) is 18.0 Å². The predicted molar refractivity (Wildman–Crippen MR) is 62.8 cm³/mol. The molecule has 0 aromatic heterocycles. The zero-order chi connectivity index (χ0) is 12.3. The fourth-order valence-corrected chi connectivity index (χ4v) is 2.32. The van der Waals surface area contributed by atoms with Crippen molar-refractivity contribution in [3.63, 3.8) is 0 Å². The molecule has 1 saturated heterocycles. The Morgan fingerprint density at radius 2 is 2.24 bits per heavy atom. The van der Waals surface area contributed by atoms with Crippen molar-refractivity contribution in [3.05, 3.63) is 29.3 Å². The minimum atomic E-state index is -2.44. The SMILES string of the molecule is COc1cc(C(F)F)ccc1C1CCCNC1. The Labute approximate surface area is 100.0 Å². The second-order valence-corrected chi connectivity index (χ2v) is 4.35. The highest BCUT2D eigenvalue weighted by atomic mass is 19.3. The molecule has 4 heteroatoms. The zero-order valence-corrected chi connectivity index (χ0v) is 9.88. The molecule has 1 aromatic rings. The normalized spacial score (nSPS) is 20.6. The fraction of sp³-hybridized carbons (Fsp3) is 0.538. The average Bonchev–Trinajstić information content (AvgIpc) is 2.39. The van der Waals surface area contributed by atoms with Crippen LogP contribution in [0.25, 0.3) is 0 Å². The van der Waals surface area contributed by atoms with Crippen LogP contribution < -0.4 is 10.1 Å². The first kappa shape index (κ1) is 12.3. The molecule has 1 atom stereocenters. The van der Waals surface area contributed by atoms with Gasteiger partial charge < -0.3 is 10.1 Å². The summed E-state index contributed by atoms with van der Waals surface area (Å²) < 4.78 is 30.4. The maximum atomic E-state index is 12.6. The Morgan fingerprint density at radius 3 is 2.82 bits per heavy atom. The number of hydrogen-bond acceptors (Lipinski definition) is 2. The van der Waals surface area contributed by atoms with E-state index in [1.165, 1.54) is 19.2 Å². The molecule has 1 unspecified atom stereocenters. The quantitative estimate of drug-likeness (QED) is 0.878. The van der Waals surface area contributed by atoms with Gasteiger partial charge in [0.05, 0.1) is 7.11 Å². The highest BCUT2D eigenvalue weighted by Gasteiger charge is 2.20. The molecule has 1 aliphatic heterocycles. The van der Waals surface area contributed by atoms with E-state index < -0.39 is 6.43 Å². The summed E-state index contributed by atoms with van der Waals surface area (Å²) in [6.45, 7) is 1.93. The van der Waals surface area contributed by atoms with E-state index in [1.54, 1.807) is 6.07 Å². The van der Waals surface area contributed by atoms with Crippen LogP contribution in [0.15, 0.2) is 18.2 Å². The van der Waals surface area contributed by atoms with E-state index in [1.807, 2.05) is 0 Å². The van der Waals surface area contributed by atoms with E-state index in [0.29, 0.717) is 11.7 Å². The Balaban J connectivity index is 2.26. The van der Waals surface area contributed by atoms with Crippen molar-refractivity contribution in [1.29, 1.82) is 0 Å². The molecule has 0 aliphatic carbocycles. The van der Waals surface area contributed by atoms with Gasteiger partial charge in [0.25, 0.3) is 6.43 Å². The number of rotatable bonds is 3. The van der Waals surface area contributed by atoms with Crippen molar-refractivity contribution in [3.8, 4) is 5.75 Å². The lowest BCUT2D eigenvalue weighted by molar-refractivity contribution is 0.151. The first-order valence-electron chi connectivity index (χ1n) is 5.89. The molecule has 2 rings (SSSR count). The first-order valence-corrected chi connectivity index (χ1v) is 5.89. The van der Waals surface area contributed by atoms with Gasteiger partial charge in [-0.05, 0) is 31.0 Å². The minimum Gasteiger partial charge on any atom is -0.496 e. The van der Waals surface area contributed by atoms with Crippen LogP contribution in [0, 0.1) is 0 Å². The number of piperidine rings is 1. The molecule has 0 radical (unpaired) electrons. The van der Waals surface area contributed by atoms with Crippen LogP contribution >= 0.6 is 0 Å². The number of nitrogens with one attached hydrogen (secondary N) is 1. The van der Waals surface area contributed by atoms with Crippen LogP contribution in [-0.4, -0.2) is 20.2 Å². The maximum Gasteiger partial charge on any atom is 0.263 e. The lowest BCUT2D eigenvalue weighted by Gasteiger charge is -2.25. The highest BCUT2D eigenvalue weighted by molar-refractivity contribution is 5.40. The third-order valence-electron chi connectivity index (χ3n) is 3.25. The fourth-order valence-electron chi connectivity index (χ4n) is 2.32. The monoisotopic (exact) mass is 241 g/mol. The van der Waals surface area contributed by atoms with E-state index in [0.717, 1.165) is 31.5 Å². The van der Waals surface area contributed by atoms with Crippen LogP contribution in [0.5, 0.6) is 5.75 Å². The minimum absolute atomic E-state index is 0.0226. The van der Waals surface area contributed by atoms with Gasteiger partial charge in [0.2, 0.25) is 0 Å². The molecule has 0 amide bonds. The molecule has 1 aliphatic rings. The maximum absolute atomic E-state index is 12.6. The molecule has 94 valence electrons. The number of ether oxygens (including phenoxy) is 1. The van der Waals surface area contributed by atoms with E-state index in [-0.39, 0.29) is 5.56 Å². The number of halogens is 2. The predicted octanol–water partition coefficient (Wildman–Crippen LogP) is 3.10. The third-order valence-corrected chi connectivity index (χ3v) is 3.25. The van der Waals surface area contributed by atoms with E-state index in [9.17, 15) is 8.78 Å². The first-order chi connectivity index (χ1) is 8.22. The summed E-state index contributed by atoms with van der Waals surface area (Å²) in [7, 11) is 1.53. The van der Waals surface area contributed by atoms with Gasteiger partial charge in [-0.3, -0.25) is 0 Å². The molecule has 1 fully saturated rings. The highest BCUT2D eigenvalue weighted by Crippen LogP contribution is 2.33. The Hall–Kier alpha value is -1.16. The average molecular weight is 241 g/mol. The molecular formula is C13H17F2NO. The Bertz CT molecular complexity index is 376. The number of benzene rings is 1. The van der Waals surface area contributed by atoms with Gasteiger partial charge in [-0.2, -0.15) is 0 Å². The van der Waals surface area contributed by atoms with Crippen molar-refractivity contribution in [2.45, 2.75) is 25.2 Å². The number of methoxy groups -OCH3 is 1. The lowest BCUT2D eigenvalue weighted by atomic mass is 9.90. The smallest absolute Gasteiger partial charge is 0.263 e. The molecule has 1 aromatic carbocycles. The summed E-state index contributed by atoms with van der Waals surface area (Å²) >= 11 is 0. The van der Waals surface area contributed by atoms with Gasteiger partial charge in [-0.25, -0.2) is 8.78 Å². The van der Waals surface area contributed by atoms with Crippen LogP contribution in [-0.2, 0) is 0 Å². The van der Waals surface area contributed by atoms with Gasteiger partial charge in [-0.1, -0.05) is 12.1 Å². The molecule has 17 heavy (non-hydrogen) atoms. The number of hydrogen-bond donors (Lipinski definition) is 1.